The van der Waals surface area contributed by atoms with Crippen molar-refractivity contribution in [3.8, 4) is 5.75 Å². The number of hydrogen-bond donors (Lipinski definition) is 4. The number of hydrogen-bond acceptors (Lipinski definition) is 7. The first-order chi connectivity index (χ1) is 21.5. The Morgan fingerprint density at radius 3 is 2.20 bits per heavy atom. The van der Waals surface area contributed by atoms with Crippen LogP contribution in [0.5, 0.6) is 5.75 Å². The lowest BCUT2D eigenvalue weighted by atomic mass is 9.75. The maximum absolute atomic E-state index is 11.3. The van der Waals surface area contributed by atoms with E-state index in [4.69, 9.17) is 43.6 Å². The van der Waals surface area contributed by atoms with Crippen LogP contribution in [0.2, 0.25) is 10.0 Å². The van der Waals surface area contributed by atoms with E-state index >= 15 is 0 Å². The van der Waals surface area contributed by atoms with E-state index in [0.717, 1.165) is 114 Å². The predicted molar refractivity (Wildman–Crippen MR) is 189 cm³/mol. The summed E-state index contributed by atoms with van der Waals surface area (Å²) in [6.07, 6.45) is 8.33. The monoisotopic (exact) mass is 662 g/mol. The summed E-state index contributed by atoms with van der Waals surface area (Å²) in [5, 5.41) is 11.7. The van der Waals surface area contributed by atoms with Gasteiger partial charge in [0.05, 0.1) is 11.6 Å². The van der Waals surface area contributed by atoms with Crippen molar-refractivity contribution in [2.45, 2.75) is 78.6 Å². The van der Waals surface area contributed by atoms with E-state index in [1.165, 1.54) is 0 Å². The van der Waals surface area contributed by atoms with Gasteiger partial charge in [0.1, 0.15) is 12.0 Å². The quantitative estimate of drug-likeness (QED) is 0.0815. The lowest BCUT2D eigenvalue weighted by molar-refractivity contribution is -0.112. The summed E-state index contributed by atoms with van der Waals surface area (Å²) < 4.78 is 6.15. The van der Waals surface area contributed by atoms with E-state index in [9.17, 15) is 4.79 Å². The molecule has 1 aliphatic rings. The Hall–Kier alpha value is -3.07. The minimum Gasteiger partial charge on any atom is -0.494 e. The summed E-state index contributed by atoms with van der Waals surface area (Å²) in [6, 6.07) is 8.07. The number of ether oxygens (including phenoxy) is 1. The van der Waals surface area contributed by atoms with Crippen LogP contribution < -0.4 is 21.5 Å². The smallest absolute Gasteiger partial charge is 0.204 e. The first-order valence-corrected chi connectivity index (χ1v) is 16.1. The summed E-state index contributed by atoms with van der Waals surface area (Å²) in [5.41, 5.74) is 18.7. The van der Waals surface area contributed by atoms with Crippen molar-refractivity contribution >= 4 is 52.9 Å². The summed E-state index contributed by atoms with van der Waals surface area (Å²) in [5.74, 6) is 1.87. The fourth-order valence-corrected chi connectivity index (χ4v) is 6.34. The maximum Gasteiger partial charge on any atom is 0.204 e. The standard InChI is InChI=1S/C33H45Cl2N3O2.CH3NO.CH4O/c1-20-16-27(17-21(2)32(20)35)40-15-7-8-26(18-24-9-11-25(19-39)12-10-24)28-13-14-29(34)31(33(28)36)30(22(3)37-5)23(4)38-6;2-1-3;1-2/h13-14,16-17,19,24-26,37H,7-12,15,18,36H2,1-6H3;1H,(H2,2,3);2H,1H3/b30-22+,38-23?;;. The normalized spacial score (nSPS) is 17.4. The van der Waals surface area contributed by atoms with Gasteiger partial charge in [0, 0.05) is 60.4 Å². The Morgan fingerprint density at radius 2 is 1.69 bits per heavy atom. The van der Waals surface area contributed by atoms with Crippen molar-refractivity contribution in [3.05, 3.63) is 62.3 Å². The second-order valence-electron chi connectivity index (χ2n) is 11.3. The zero-order valence-electron chi connectivity index (χ0n) is 27.9. The number of amides is 1. The molecule has 0 aromatic heterocycles. The molecule has 1 atom stereocenters. The molecule has 1 unspecified atom stereocenters. The lowest BCUT2D eigenvalue weighted by Crippen LogP contribution is -2.19. The number of allylic oxidation sites excluding steroid dienone is 2. The number of nitrogens with two attached hydrogens (primary N) is 2. The average Bonchev–Trinajstić information content (AvgIpc) is 3.04. The van der Waals surface area contributed by atoms with Gasteiger partial charge in [-0.25, -0.2) is 0 Å². The van der Waals surface area contributed by atoms with Gasteiger partial charge in [0.2, 0.25) is 6.41 Å². The van der Waals surface area contributed by atoms with Crippen LogP contribution in [-0.4, -0.2) is 51.3 Å². The number of aryl methyl sites for hydroxylation is 2. The van der Waals surface area contributed by atoms with E-state index < -0.39 is 0 Å². The molecule has 1 aliphatic carbocycles. The van der Waals surface area contributed by atoms with E-state index in [0.29, 0.717) is 17.5 Å². The van der Waals surface area contributed by atoms with E-state index in [-0.39, 0.29) is 18.2 Å². The molecule has 0 radical (unpaired) electrons. The third kappa shape index (κ3) is 11.7. The van der Waals surface area contributed by atoms with Gasteiger partial charge in [-0.1, -0.05) is 29.3 Å². The molecule has 45 heavy (non-hydrogen) atoms. The van der Waals surface area contributed by atoms with Gasteiger partial charge >= 0.3 is 0 Å². The van der Waals surface area contributed by atoms with Gasteiger partial charge in [-0.15, -0.1) is 0 Å². The number of primary amides is 1. The number of nitrogens with zero attached hydrogens (tertiary/aromatic N) is 1. The number of benzene rings is 2. The highest BCUT2D eigenvalue weighted by molar-refractivity contribution is 6.36. The average molecular weight is 664 g/mol. The van der Waals surface area contributed by atoms with Crippen molar-refractivity contribution in [2.24, 2.45) is 22.6 Å². The fraction of sp³-hybridized carbons (Fsp3) is 0.514. The molecule has 250 valence electrons. The Morgan fingerprint density at radius 1 is 1.11 bits per heavy atom. The van der Waals surface area contributed by atoms with Gasteiger partial charge < -0.3 is 31.4 Å². The number of carbonyl (C=O) groups excluding carboxylic acids is 2. The van der Waals surface area contributed by atoms with Crippen molar-refractivity contribution in [3.63, 3.8) is 0 Å². The number of halogens is 2. The van der Waals surface area contributed by atoms with E-state index in [1.807, 2.05) is 52.9 Å². The highest BCUT2D eigenvalue weighted by atomic mass is 35.5. The van der Waals surface area contributed by atoms with Crippen molar-refractivity contribution in [1.29, 1.82) is 0 Å². The third-order valence-corrected chi connectivity index (χ3v) is 9.35. The molecule has 6 N–H and O–H groups in total. The summed E-state index contributed by atoms with van der Waals surface area (Å²) >= 11 is 13.1. The maximum atomic E-state index is 11.3. The number of anilines is 1. The molecule has 1 fully saturated rings. The number of aldehydes is 1. The number of nitrogens with one attached hydrogen (secondary N) is 1. The molecule has 2 aromatic rings. The summed E-state index contributed by atoms with van der Waals surface area (Å²) in [6.45, 7) is 8.62. The molecule has 1 saturated carbocycles. The number of aliphatic imine (C=N–C) groups is 1. The Kier molecular flexibility index (Phi) is 18.5. The highest BCUT2D eigenvalue weighted by Crippen LogP contribution is 2.42. The minimum atomic E-state index is 0.204. The van der Waals surface area contributed by atoms with Crippen molar-refractivity contribution in [2.75, 3.05) is 33.5 Å². The van der Waals surface area contributed by atoms with Gasteiger partial charge in [0.15, 0.2) is 0 Å². The SMILES string of the molecule is CN=C(C)/C(=C(/C)NC)c1c(Cl)ccc(C(CCCOc2cc(C)c(Cl)c(C)c2)CC2CCC(C=O)CC2)c1N.CO.NC=O. The van der Waals surface area contributed by atoms with Gasteiger partial charge in [0.25, 0.3) is 0 Å². The molecule has 1 amide bonds. The second kappa shape index (κ2) is 20.9. The minimum absolute atomic E-state index is 0.204. The van der Waals surface area contributed by atoms with Gasteiger partial charge in [-0.2, -0.15) is 0 Å². The Balaban J connectivity index is 0.00000191. The van der Waals surface area contributed by atoms with E-state index in [1.54, 1.807) is 7.05 Å². The molecule has 0 saturated heterocycles. The molecule has 0 aliphatic heterocycles. The first kappa shape index (κ1) is 40.0. The third-order valence-electron chi connectivity index (χ3n) is 8.44. The first-order valence-electron chi connectivity index (χ1n) is 15.4. The number of aliphatic hydroxyl groups is 1. The summed E-state index contributed by atoms with van der Waals surface area (Å²) in [4.78, 5) is 24.4. The molecule has 10 heteroatoms. The Bertz CT molecular complexity index is 1280. The zero-order chi connectivity index (χ0) is 34.1. The number of carbonyl (C=O) groups is 2. The van der Waals surface area contributed by atoms with Crippen LogP contribution in [0.1, 0.15) is 87.0 Å². The highest BCUT2D eigenvalue weighted by Gasteiger charge is 2.27. The fourth-order valence-electron chi connectivity index (χ4n) is 5.97. The predicted octanol–water partition coefficient (Wildman–Crippen LogP) is 7.28. The van der Waals surface area contributed by atoms with Crippen LogP contribution in [0.4, 0.5) is 5.69 Å². The molecule has 0 spiro atoms. The number of rotatable bonds is 12. The molecular formula is C35H52Cl2N4O4. The van der Waals surface area contributed by atoms with Crippen LogP contribution in [0.25, 0.3) is 5.57 Å². The van der Waals surface area contributed by atoms with Crippen molar-refractivity contribution < 1.29 is 19.4 Å². The van der Waals surface area contributed by atoms with Crippen LogP contribution in [0.3, 0.4) is 0 Å². The molecular weight excluding hydrogens is 611 g/mol. The molecule has 0 bridgehead atoms. The van der Waals surface area contributed by atoms with Crippen LogP contribution in [0.15, 0.2) is 35.0 Å². The van der Waals surface area contributed by atoms with Crippen molar-refractivity contribution in [1.82, 2.24) is 5.32 Å². The lowest BCUT2D eigenvalue weighted by Gasteiger charge is -2.30. The van der Waals surface area contributed by atoms with E-state index in [2.05, 4.69) is 22.1 Å². The molecule has 2 aromatic carbocycles. The number of nitrogen functional groups attached to an aromatic ring is 1. The Labute approximate surface area is 279 Å². The molecule has 8 nitrogen and oxygen atoms in total. The van der Waals surface area contributed by atoms with Gasteiger partial charge in [-0.05, 0) is 119 Å². The van der Waals surface area contributed by atoms with Crippen LogP contribution in [0, 0.1) is 25.7 Å². The summed E-state index contributed by atoms with van der Waals surface area (Å²) in [7, 11) is 4.68. The van der Waals surface area contributed by atoms with Crippen LogP contribution in [-0.2, 0) is 9.59 Å². The topological polar surface area (TPSA) is 140 Å². The molecule has 0 heterocycles. The molecule has 3 rings (SSSR count). The second-order valence-corrected chi connectivity index (χ2v) is 12.1. The van der Waals surface area contributed by atoms with Gasteiger partial charge in [-0.3, -0.25) is 9.79 Å². The van der Waals surface area contributed by atoms with Crippen LogP contribution >= 0.6 is 23.2 Å². The largest absolute Gasteiger partial charge is 0.494 e. The number of aliphatic hydroxyl groups excluding tert-OH is 1. The zero-order valence-corrected chi connectivity index (χ0v) is 29.4.